The van der Waals surface area contributed by atoms with E-state index in [9.17, 15) is 8.78 Å². The van der Waals surface area contributed by atoms with Gasteiger partial charge in [-0.05, 0) is 24.1 Å². The van der Waals surface area contributed by atoms with Gasteiger partial charge in [0.15, 0.2) is 17.4 Å². The van der Waals surface area contributed by atoms with Crippen molar-refractivity contribution >= 4 is 0 Å². The number of hydrogen-bond acceptors (Lipinski definition) is 2. The van der Waals surface area contributed by atoms with Crippen molar-refractivity contribution in [1.29, 1.82) is 0 Å². The molecule has 0 saturated heterocycles. The third kappa shape index (κ3) is 2.20. The van der Waals surface area contributed by atoms with E-state index in [4.69, 9.17) is 10.8 Å². The summed E-state index contributed by atoms with van der Waals surface area (Å²) < 4.78 is 25.5. The third-order valence-electron chi connectivity index (χ3n) is 2.06. The molecule has 78 valence electrons. The van der Waals surface area contributed by atoms with Gasteiger partial charge >= 0.3 is 0 Å². The highest BCUT2D eigenvalue weighted by Gasteiger charge is 2.13. The standard InChI is InChI=1S/C10H13F2NO/c1-2-3-8(13)6-4-7(11)10(12)9(14)5-6/h4-5,8,14H,2-3,13H2,1H3/t8-/m0/s1. The van der Waals surface area contributed by atoms with Crippen LogP contribution in [0.25, 0.3) is 0 Å². The first-order chi connectivity index (χ1) is 6.56. The Morgan fingerprint density at radius 2 is 2.07 bits per heavy atom. The lowest BCUT2D eigenvalue weighted by atomic mass is 10.0. The molecule has 0 saturated carbocycles. The van der Waals surface area contributed by atoms with Gasteiger partial charge in [-0.2, -0.15) is 4.39 Å². The van der Waals surface area contributed by atoms with Gasteiger partial charge in [-0.3, -0.25) is 0 Å². The Balaban J connectivity index is 3.00. The van der Waals surface area contributed by atoms with E-state index in [1.807, 2.05) is 6.92 Å². The van der Waals surface area contributed by atoms with Gasteiger partial charge in [0.25, 0.3) is 0 Å². The molecule has 0 aliphatic carbocycles. The molecule has 0 fully saturated rings. The molecule has 0 bridgehead atoms. The van der Waals surface area contributed by atoms with Crippen molar-refractivity contribution in [1.82, 2.24) is 0 Å². The van der Waals surface area contributed by atoms with Crippen LogP contribution in [0.3, 0.4) is 0 Å². The van der Waals surface area contributed by atoms with Crippen LogP contribution in [0.1, 0.15) is 31.4 Å². The van der Waals surface area contributed by atoms with Crippen molar-refractivity contribution in [2.45, 2.75) is 25.8 Å². The van der Waals surface area contributed by atoms with Crippen molar-refractivity contribution in [3.05, 3.63) is 29.3 Å². The van der Waals surface area contributed by atoms with Crippen LogP contribution in [0.2, 0.25) is 0 Å². The highest BCUT2D eigenvalue weighted by atomic mass is 19.2. The van der Waals surface area contributed by atoms with Crippen LogP contribution in [0.15, 0.2) is 12.1 Å². The smallest absolute Gasteiger partial charge is 0.200 e. The molecular weight excluding hydrogens is 188 g/mol. The molecule has 0 amide bonds. The Morgan fingerprint density at radius 1 is 1.43 bits per heavy atom. The fraction of sp³-hybridized carbons (Fsp3) is 0.400. The van der Waals surface area contributed by atoms with Crippen molar-refractivity contribution < 1.29 is 13.9 Å². The highest BCUT2D eigenvalue weighted by Crippen LogP contribution is 2.25. The van der Waals surface area contributed by atoms with Gasteiger partial charge in [0.05, 0.1) is 0 Å². The van der Waals surface area contributed by atoms with Crippen molar-refractivity contribution in [2.24, 2.45) is 5.73 Å². The average Bonchev–Trinajstić information content (AvgIpc) is 2.13. The number of halogens is 2. The predicted molar refractivity (Wildman–Crippen MR) is 49.9 cm³/mol. The van der Waals surface area contributed by atoms with Crippen LogP contribution in [0, 0.1) is 11.6 Å². The summed E-state index contributed by atoms with van der Waals surface area (Å²) in [5, 5.41) is 9.03. The second kappa shape index (κ2) is 4.37. The summed E-state index contributed by atoms with van der Waals surface area (Å²) in [5.41, 5.74) is 6.11. The molecule has 1 aromatic carbocycles. The molecule has 0 aromatic heterocycles. The van der Waals surface area contributed by atoms with E-state index >= 15 is 0 Å². The summed E-state index contributed by atoms with van der Waals surface area (Å²) in [4.78, 5) is 0. The van der Waals surface area contributed by atoms with Gasteiger partial charge in [0, 0.05) is 6.04 Å². The van der Waals surface area contributed by atoms with E-state index in [0.717, 1.165) is 12.5 Å². The Bertz CT molecular complexity index is 305. The van der Waals surface area contributed by atoms with Gasteiger partial charge in [0.1, 0.15) is 0 Å². The molecule has 3 N–H and O–H groups in total. The molecular formula is C10H13F2NO. The first kappa shape index (κ1) is 10.9. The molecule has 1 rings (SSSR count). The summed E-state index contributed by atoms with van der Waals surface area (Å²) in [6.45, 7) is 1.94. The molecule has 4 heteroatoms. The molecule has 0 spiro atoms. The van der Waals surface area contributed by atoms with E-state index in [-0.39, 0.29) is 6.04 Å². The molecule has 0 unspecified atom stereocenters. The number of benzene rings is 1. The zero-order chi connectivity index (χ0) is 10.7. The quantitative estimate of drug-likeness (QED) is 0.789. The second-order valence-electron chi connectivity index (χ2n) is 3.23. The Labute approximate surface area is 81.4 Å². The number of phenols is 1. The van der Waals surface area contributed by atoms with E-state index in [1.54, 1.807) is 0 Å². The fourth-order valence-electron chi connectivity index (χ4n) is 1.29. The van der Waals surface area contributed by atoms with Crippen LogP contribution in [0.5, 0.6) is 5.75 Å². The lowest BCUT2D eigenvalue weighted by Crippen LogP contribution is -2.10. The molecule has 0 aliphatic rings. The molecule has 1 aromatic rings. The maximum atomic E-state index is 12.9. The average molecular weight is 201 g/mol. The van der Waals surface area contributed by atoms with E-state index in [1.165, 1.54) is 6.07 Å². The van der Waals surface area contributed by atoms with Crippen LogP contribution in [0.4, 0.5) is 8.78 Å². The Hall–Kier alpha value is -1.16. The Kier molecular flexibility index (Phi) is 3.41. The van der Waals surface area contributed by atoms with Crippen LogP contribution >= 0.6 is 0 Å². The summed E-state index contributed by atoms with van der Waals surface area (Å²) >= 11 is 0. The topological polar surface area (TPSA) is 46.2 Å². The van der Waals surface area contributed by atoms with Gasteiger partial charge < -0.3 is 10.8 Å². The zero-order valence-corrected chi connectivity index (χ0v) is 7.93. The van der Waals surface area contributed by atoms with Gasteiger partial charge in [0.2, 0.25) is 0 Å². The minimum absolute atomic E-state index is 0.360. The van der Waals surface area contributed by atoms with Crippen LogP contribution in [-0.2, 0) is 0 Å². The van der Waals surface area contributed by atoms with E-state index < -0.39 is 17.4 Å². The molecule has 0 heterocycles. The first-order valence-electron chi connectivity index (χ1n) is 4.49. The Morgan fingerprint density at radius 3 is 2.57 bits per heavy atom. The molecule has 1 atom stereocenters. The zero-order valence-electron chi connectivity index (χ0n) is 7.93. The van der Waals surface area contributed by atoms with Crippen LogP contribution in [-0.4, -0.2) is 5.11 Å². The number of phenolic OH excluding ortho intramolecular Hbond substituents is 1. The van der Waals surface area contributed by atoms with Gasteiger partial charge in [-0.1, -0.05) is 13.3 Å². The lowest BCUT2D eigenvalue weighted by molar-refractivity contribution is 0.404. The summed E-state index contributed by atoms with van der Waals surface area (Å²) in [6.07, 6.45) is 1.52. The molecule has 14 heavy (non-hydrogen) atoms. The summed E-state index contributed by atoms with van der Waals surface area (Å²) in [6, 6.07) is 1.83. The van der Waals surface area contributed by atoms with E-state index in [0.29, 0.717) is 12.0 Å². The lowest BCUT2D eigenvalue weighted by Gasteiger charge is -2.11. The van der Waals surface area contributed by atoms with Crippen molar-refractivity contribution in [3.63, 3.8) is 0 Å². The first-order valence-corrected chi connectivity index (χ1v) is 4.49. The summed E-state index contributed by atoms with van der Waals surface area (Å²) in [7, 11) is 0. The summed E-state index contributed by atoms with van der Waals surface area (Å²) in [5.74, 6) is -2.98. The number of nitrogens with two attached hydrogens (primary N) is 1. The minimum Gasteiger partial charge on any atom is -0.505 e. The number of rotatable bonds is 3. The molecule has 2 nitrogen and oxygen atoms in total. The molecule has 0 radical (unpaired) electrons. The predicted octanol–water partition coefficient (Wildman–Crippen LogP) is 2.47. The van der Waals surface area contributed by atoms with Crippen LogP contribution < -0.4 is 5.73 Å². The maximum Gasteiger partial charge on any atom is 0.200 e. The van der Waals surface area contributed by atoms with Gasteiger partial charge in [-0.15, -0.1) is 0 Å². The van der Waals surface area contributed by atoms with Crippen molar-refractivity contribution in [3.8, 4) is 5.75 Å². The van der Waals surface area contributed by atoms with Gasteiger partial charge in [-0.25, -0.2) is 4.39 Å². The SMILES string of the molecule is CCC[C@H](N)c1cc(O)c(F)c(F)c1. The molecule has 0 aliphatic heterocycles. The highest BCUT2D eigenvalue weighted by molar-refractivity contribution is 5.31. The number of aromatic hydroxyl groups is 1. The second-order valence-corrected chi connectivity index (χ2v) is 3.23. The number of hydrogen-bond donors (Lipinski definition) is 2. The largest absolute Gasteiger partial charge is 0.505 e. The maximum absolute atomic E-state index is 12.9. The fourth-order valence-corrected chi connectivity index (χ4v) is 1.29. The third-order valence-corrected chi connectivity index (χ3v) is 2.06. The monoisotopic (exact) mass is 201 g/mol. The normalized spacial score (nSPS) is 12.9. The van der Waals surface area contributed by atoms with Crippen molar-refractivity contribution in [2.75, 3.05) is 0 Å². The minimum atomic E-state index is -1.22. The van der Waals surface area contributed by atoms with E-state index in [2.05, 4.69) is 0 Å².